The third kappa shape index (κ3) is 1.79. The van der Waals surface area contributed by atoms with Crippen LogP contribution in [-0.2, 0) is 0 Å². The summed E-state index contributed by atoms with van der Waals surface area (Å²) in [5.74, 6) is 2.75. The summed E-state index contributed by atoms with van der Waals surface area (Å²) >= 11 is 5.21. The van der Waals surface area contributed by atoms with E-state index < -0.39 is 0 Å². The van der Waals surface area contributed by atoms with Gasteiger partial charge in [-0.1, -0.05) is 17.7 Å². The van der Waals surface area contributed by atoms with Crippen LogP contribution in [0.25, 0.3) is 0 Å². The molecule has 1 aromatic carbocycles. The largest absolute Gasteiger partial charge is 0.0581 e. The quantitative estimate of drug-likeness (QED) is 0.499. The Kier molecular flexibility index (Phi) is 2.36. The third-order valence-corrected chi connectivity index (χ3v) is 1.34. The molecule has 0 saturated carbocycles. The Bertz CT molecular complexity index is 261. The number of halogens is 1. The van der Waals surface area contributed by atoms with Crippen LogP contribution in [-0.4, -0.2) is 0 Å². The molecule has 0 spiro atoms. The first-order valence-corrected chi connectivity index (χ1v) is 3.39. The molecule has 0 unspecified atom stereocenters. The average molecular weight is 151 g/mol. The third-order valence-electron chi connectivity index (χ3n) is 1.24. The van der Waals surface area contributed by atoms with E-state index in [4.69, 9.17) is 11.6 Å². The molecule has 1 rings (SSSR count). The summed E-state index contributed by atoms with van der Waals surface area (Å²) in [6.07, 6.45) is 0. The maximum Gasteiger partial charge on any atom is 0.0258 e. The first-order valence-electron chi connectivity index (χ1n) is 3.01. The molecule has 0 bridgehead atoms. The Hall–Kier alpha value is -0.930. The van der Waals surface area contributed by atoms with Gasteiger partial charge in [0.1, 0.15) is 0 Å². The van der Waals surface area contributed by atoms with E-state index in [1.54, 1.807) is 0 Å². The van der Waals surface area contributed by atoms with Gasteiger partial charge in [-0.05, 0) is 36.6 Å². The van der Waals surface area contributed by atoms with E-state index in [0.29, 0.717) is 0 Å². The van der Waals surface area contributed by atoms with Gasteiger partial charge in [0, 0.05) is 10.9 Å². The summed E-state index contributed by atoms with van der Waals surface area (Å²) in [5.41, 5.74) is 2.20. The molecule has 0 saturated heterocycles. The van der Waals surface area contributed by atoms with Gasteiger partial charge < -0.3 is 0 Å². The van der Waals surface area contributed by atoms with Crippen molar-refractivity contribution in [3.8, 4) is 11.3 Å². The maximum atomic E-state index is 5.21. The Balaban J connectivity index is 2.97. The van der Waals surface area contributed by atoms with Crippen molar-refractivity contribution < 1.29 is 0 Å². The zero-order chi connectivity index (χ0) is 7.40. The Labute approximate surface area is 65.8 Å². The number of hydrogen-bond donors (Lipinski definition) is 0. The monoisotopic (exact) mass is 150 g/mol. The molecule has 10 heavy (non-hydrogen) atoms. The molecule has 0 aliphatic rings. The summed E-state index contributed by atoms with van der Waals surface area (Å²) in [6.45, 7) is 2.04. The molecule has 0 N–H and O–H groups in total. The van der Waals surface area contributed by atoms with E-state index in [0.717, 1.165) is 5.56 Å². The predicted molar refractivity (Wildman–Crippen MR) is 43.9 cm³/mol. The summed E-state index contributed by atoms with van der Waals surface area (Å²) in [6, 6.07) is 7.92. The minimum absolute atomic E-state index is 0.959. The van der Waals surface area contributed by atoms with Crippen molar-refractivity contribution in [2.24, 2.45) is 0 Å². The second-order valence-electron chi connectivity index (χ2n) is 2.09. The molecule has 0 aliphatic carbocycles. The molecular weight excluding hydrogens is 144 g/mol. The summed E-state index contributed by atoms with van der Waals surface area (Å²) < 4.78 is 0. The second-order valence-corrected chi connectivity index (χ2v) is 2.27. The van der Waals surface area contributed by atoms with Crippen LogP contribution in [0.5, 0.6) is 0 Å². The van der Waals surface area contributed by atoms with E-state index in [2.05, 4.69) is 11.3 Å². The highest BCUT2D eigenvalue weighted by molar-refractivity contribution is 6.30. The van der Waals surface area contributed by atoms with Crippen molar-refractivity contribution in [1.82, 2.24) is 0 Å². The second kappa shape index (κ2) is 3.29. The van der Waals surface area contributed by atoms with Crippen LogP contribution in [0.2, 0.25) is 0 Å². The fourth-order valence-corrected chi connectivity index (χ4v) is 0.801. The standard InChI is InChI=1S/C9H7Cl/c1-8-2-4-9(5-3-8)6-7-10/h2-5H,1H3. The summed E-state index contributed by atoms with van der Waals surface area (Å²) in [4.78, 5) is 0. The van der Waals surface area contributed by atoms with Crippen molar-refractivity contribution in [3.05, 3.63) is 35.4 Å². The van der Waals surface area contributed by atoms with Gasteiger partial charge in [-0.2, -0.15) is 0 Å². The molecule has 0 fully saturated rings. The normalized spacial score (nSPS) is 8.20. The lowest BCUT2D eigenvalue weighted by atomic mass is 10.2. The van der Waals surface area contributed by atoms with Crippen LogP contribution < -0.4 is 0 Å². The molecular formula is C9H7Cl. The fourth-order valence-electron chi connectivity index (χ4n) is 0.691. The first-order chi connectivity index (χ1) is 4.83. The molecule has 0 radical (unpaired) electrons. The first kappa shape index (κ1) is 7.18. The summed E-state index contributed by atoms with van der Waals surface area (Å²) in [7, 11) is 0. The molecule has 0 nitrogen and oxygen atoms in total. The van der Waals surface area contributed by atoms with Crippen molar-refractivity contribution in [3.63, 3.8) is 0 Å². The molecule has 50 valence electrons. The lowest BCUT2D eigenvalue weighted by molar-refractivity contribution is 1.46. The van der Waals surface area contributed by atoms with Crippen LogP contribution in [0, 0.1) is 18.2 Å². The highest BCUT2D eigenvalue weighted by Crippen LogP contribution is 2.00. The minimum Gasteiger partial charge on any atom is -0.0581 e. The van der Waals surface area contributed by atoms with Gasteiger partial charge in [0.05, 0.1) is 0 Å². The van der Waals surface area contributed by atoms with Gasteiger partial charge >= 0.3 is 0 Å². The smallest absolute Gasteiger partial charge is 0.0258 e. The molecule has 0 aliphatic heterocycles. The van der Waals surface area contributed by atoms with Gasteiger partial charge in [0.15, 0.2) is 0 Å². The Morgan fingerprint density at radius 3 is 2.30 bits per heavy atom. The predicted octanol–water partition coefficient (Wildman–Crippen LogP) is 2.54. The lowest BCUT2D eigenvalue weighted by Gasteiger charge is -1.89. The van der Waals surface area contributed by atoms with Gasteiger partial charge in [0.2, 0.25) is 0 Å². The minimum atomic E-state index is 0.959. The van der Waals surface area contributed by atoms with E-state index >= 15 is 0 Å². The van der Waals surface area contributed by atoms with Crippen molar-refractivity contribution in [1.29, 1.82) is 0 Å². The van der Waals surface area contributed by atoms with E-state index in [1.807, 2.05) is 31.2 Å². The van der Waals surface area contributed by atoms with Crippen LogP contribution in [0.15, 0.2) is 24.3 Å². The average Bonchev–Trinajstić information content (AvgIpc) is 1.95. The molecule has 1 heteroatoms. The maximum absolute atomic E-state index is 5.21. The number of rotatable bonds is 0. The fraction of sp³-hybridized carbons (Fsp3) is 0.111. The number of hydrogen-bond acceptors (Lipinski definition) is 0. The van der Waals surface area contributed by atoms with Gasteiger partial charge in [0.25, 0.3) is 0 Å². The van der Waals surface area contributed by atoms with Gasteiger partial charge in [-0.25, -0.2) is 0 Å². The van der Waals surface area contributed by atoms with Crippen molar-refractivity contribution >= 4 is 11.6 Å². The molecule has 0 amide bonds. The van der Waals surface area contributed by atoms with Gasteiger partial charge in [-0.15, -0.1) is 0 Å². The van der Waals surface area contributed by atoms with Crippen LogP contribution in [0.1, 0.15) is 11.1 Å². The van der Waals surface area contributed by atoms with Crippen LogP contribution in [0.4, 0.5) is 0 Å². The zero-order valence-electron chi connectivity index (χ0n) is 5.69. The lowest BCUT2D eigenvalue weighted by Crippen LogP contribution is -1.73. The number of aryl methyl sites for hydroxylation is 1. The zero-order valence-corrected chi connectivity index (χ0v) is 6.44. The van der Waals surface area contributed by atoms with E-state index in [-0.39, 0.29) is 0 Å². The highest BCUT2D eigenvalue weighted by atomic mass is 35.5. The molecule has 0 aromatic heterocycles. The van der Waals surface area contributed by atoms with E-state index in [9.17, 15) is 0 Å². The molecule has 0 heterocycles. The van der Waals surface area contributed by atoms with Crippen LogP contribution >= 0.6 is 11.6 Å². The SMILES string of the molecule is Cc1ccc(C#CCl)cc1. The number of benzene rings is 1. The van der Waals surface area contributed by atoms with Crippen molar-refractivity contribution in [2.45, 2.75) is 6.92 Å². The Morgan fingerprint density at radius 1 is 1.20 bits per heavy atom. The molecule has 1 aromatic rings. The molecule has 0 atom stereocenters. The highest BCUT2D eigenvalue weighted by Gasteiger charge is 1.83. The van der Waals surface area contributed by atoms with Crippen molar-refractivity contribution in [2.75, 3.05) is 0 Å². The topological polar surface area (TPSA) is 0 Å². The summed E-state index contributed by atoms with van der Waals surface area (Å²) in [5, 5.41) is 2.33. The van der Waals surface area contributed by atoms with Gasteiger partial charge in [-0.3, -0.25) is 0 Å². The van der Waals surface area contributed by atoms with Crippen LogP contribution in [0.3, 0.4) is 0 Å². The van der Waals surface area contributed by atoms with E-state index in [1.165, 1.54) is 5.56 Å². The Morgan fingerprint density at radius 2 is 1.80 bits per heavy atom.